The van der Waals surface area contributed by atoms with Crippen LogP contribution in [-0.4, -0.2) is 66.4 Å². The number of carbonyl (C=O) groups excluding carboxylic acids is 3. The topological polar surface area (TPSA) is 118 Å². The molecule has 3 unspecified atom stereocenters. The number of carboxylic acids is 1. The van der Waals surface area contributed by atoms with Crippen molar-refractivity contribution in [2.24, 2.45) is 0 Å². The number of hydrogen-bond donors (Lipinski definition) is 1. The van der Waals surface area contributed by atoms with Crippen molar-refractivity contribution in [3.63, 3.8) is 0 Å². The third kappa shape index (κ3) is 1.93. The normalized spacial score (nSPS) is 30.9. The molecule has 3 aliphatic rings. The van der Waals surface area contributed by atoms with Gasteiger partial charge in [-0.05, 0) is 23.3 Å². The number of fused-ring (bicyclic) bond motifs is 2. The highest BCUT2D eigenvalue weighted by Gasteiger charge is 2.66. The molecule has 128 valence electrons. The third-order valence-corrected chi connectivity index (χ3v) is 6.33. The van der Waals surface area contributed by atoms with Crippen molar-refractivity contribution in [2.45, 2.75) is 17.5 Å². The molecule has 2 fully saturated rings. The third-order valence-electron chi connectivity index (χ3n) is 4.65. The van der Waals surface area contributed by atoms with Gasteiger partial charge in [-0.2, -0.15) is 0 Å². The Morgan fingerprint density at radius 3 is 2.28 bits per heavy atom. The Balaban J connectivity index is 1.71. The number of imide groups is 1. The van der Waals surface area contributed by atoms with Gasteiger partial charge in [0.05, 0.1) is 11.1 Å². The van der Waals surface area contributed by atoms with E-state index in [9.17, 15) is 28.8 Å². The number of carboxylic acid groups (broad SMARTS) is 1. The van der Waals surface area contributed by atoms with Gasteiger partial charge in [0.1, 0.15) is 5.75 Å². The highest BCUT2D eigenvalue weighted by molar-refractivity contribution is 7.92. The summed E-state index contributed by atoms with van der Waals surface area (Å²) in [4.78, 5) is 50.9. The second-order valence-electron chi connectivity index (χ2n) is 6.03. The van der Waals surface area contributed by atoms with Gasteiger partial charge in [-0.15, -0.1) is 0 Å². The molecular formula is C16H12N2O6S. The van der Waals surface area contributed by atoms with Gasteiger partial charge in [-0.1, -0.05) is 18.7 Å². The van der Waals surface area contributed by atoms with E-state index in [4.69, 9.17) is 0 Å². The Kier molecular flexibility index (Phi) is 3.28. The van der Waals surface area contributed by atoms with Crippen molar-refractivity contribution >= 4 is 34.9 Å². The van der Waals surface area contributed by atoms with Crippen molar-refractivity contribution in [3.8, 4) is 0 Å². The SMILES string of the molecule is C=C1C[S+]([O-])[C@@H]2C(N3C(=O)c4ccccc4C3=O)C(=O)N2C1C(=O)O. The van der Waals surface area contributed by atoms with Crippen LogP contribution in [0.15, 0.2) is 36.4 Å². The summed E-state index contributed by atoms with van der Waals surface area (Å²) in [6.07, 6.45) is 0. The van der Waals surface area contributed by atoms with Gasteiger partial charge >= 0.3 is 5.97 Å². The number of amides is 3. The molecule has 4 rings (SSSR count). The molecule has 8 nitrogen and oxygen atoms in total. The van der Waals surface area contributed by atoms with Crippen LogP contribution in [0.4, 0.5) is 0 Å². The minimum atomic E-state index is -1.64. The van der Waals surface area contributed by atoms with Gasteiger partial charge in [0.15, 0.2) is 12.1 Å². The zero-order valence-electron chi connectivity index (χ0n) is 12.7. The molecule has 0 radical (unpaired) electrons. The molecule has 1 aromatic rings. The molecule has 1 aromatic carbocycles. The standard InChI is InChI=1S/C16H12N2O6S/c1-7-6-25(24)15-11(14(21)18(15)10(7)16(22)23)17-12(19)8-4-2-3-5-9(8)13(17)20/h2-5,10-11,15H,1,6H2,(H,22,23)/t10?,11?,15-,25?/m1/s1. The second-order valence-corrected chi connectivity index (χ2v) is 7.56. The molecule has 2 saturated heterocycles. The zero-order chi connectivity index (χ0) is 18.0. The van der Waals surface area contributed by atoms with Crippen molar-refractivity contribution in [1.29, 1.82) is 0 Å². The molecule has 25 heavy (non-hydrogen) atoms. The first-order valence-electron chi connectivity index (χ1n) is 7.41. The second kappa shape index (κ2) is 5.17. The van der Waals surface area contributed by atoms with Crippen LogP contribution in [0.2, 0.25) is 0 Å². The number of benzene rings is 1. The predicted octanol–water partition coefficient (Wildman–Crippen LogP) is -0.409. The van der Waals surface area contributed by atoms with Crippen LogP contribution in [-0.2, 0) is 20.8 Å². The van der Waals surface area contributed by atoms with Crippen molar-refractivity contribution in [1.82, 2.24) is 9.80 Å². The van der Waals surface area contributed by atoms with Crippen molar-refractivity contribution in [3.05, 3.63) is 47.5 Å². The molecule has 3 aliphatic heterocycles. The van der Waals surface area contributed by atoms with Gasteiger partial charge in [-0.25, -0.2) is 4.79 Å². The summed E-state index contributed by atoms with van der Waals surface area (Å²) < 4.78 is 12.4. The number of rotatable bonds is 2. The zero-order valence-corrected chi connectivity index (χ0v) is 13.6. The maximum atomic E-state index is 12.6. The maximum Gasteiger partial charge on any atom is 0.331 e. The van der Waals surface area contributed by atoms with E-state index in [1.165, 1.54) is 12.1 Å². The summed E-state index contributed by atoms with van der Waals surface area (Å²) in [5, 5.41) is 8.30. The minimum absolute atomic E-state index is 0.0922. The number of hydrogen-bond acceptors (Lipinski definition) is 5. The lowest BCUT2D eigenvalue weighted by Crippen LogP contribution is -2.79. The van der Waals surface area contributed by atoms with E-state index < -0.39 is 52.3 Å². The molecule has 9 heteroatoms. The Morgan fingerprint density at radius 2 is 1.76 bits per heavy atom. The first kappa shape index (κ1) is 15.9. The number of nitrogens with zero attached hydrogens (tertiary/aromatic N) is 2. The van der Waals surface area contributed by atoms with Gasteiger partial charge in [-0.3, -0.25) is 24.2 Å². The summed E-state index contributed by atoms with van der Waals surface area (Å²) in [5.41, 5.74) is 0.523. The van der Waals surface area contributed by atoms with E-state index in [-0.39, 0.29) is 22.5 Å². The maximum absolute atomic E-state index is 12.6. The highest BCUT2D eigenvalue weighted by atomic mass is 32.2. The average Bonchev–Trinajstić information content (AvgIpc) is 2.81. The van der Waals surface area contributed by atoms with Crippen LogP contribution in [0.25, 0.3) is 0 Å². The van der Waals surface area contributed by atoms with Crippen LogP contribution < -0.4 is 0 Å². The van der Waals surface area contributed by atoms with E-state index in [2.05, 4.69) is 6.58 Å². The molecule has 1 N–H and O–H groups in total. The average molecular weight is 360 g/mol. The molecule has 0 aromatic heterocycles. The molecular weight excluding hydrogens is 348 g/mol. The predicted molar refractivity (Wildman–Crippen MR) is 84.9 cm³/mol. The molecule has 0 saturated carbocycles. The van der Waals surface area contributed by atoms with Gasteiger partial charge < -0.3 is 9.66 Å². The van der Waals surface area contributed by atoms with E-state index in [1.807, 2.05) is 0 Å². The lowest BCUT2D eigenvalue weighted by Gasteiger charge is -2.53. The Morgan fingerprint density at radius 1 is 1.20 bits per heavy atom. The smallest absolute Gasteiger partial charge is 0.331 e. The van der Waals surface area contributed by atoms with Gasteiger partial charge in [0, 0.05) is 5.57 Å². The molecule has 3 amide bonds. The van der Waals surface area contributed by atoms with Crippen LogP contribution in [0.3, 0.4) is 0 Å². The largest absolute Gasteiger partial charge is 0.614 e. The fourth-order valence-corrected chi connectivity index (χ4v) is 5.25. The molecule has 3 heterocycles. The fraction of sp³-hybridized carbons (Fsp3) is 0.250. The summed E-state index contributed by atoms with van der Waals surface area (Å²) in [5.74, 6) is -3.34. The van der Waals surface area contributed by atoms with E-state index in [1.54, 1.807) is 12.1 Å². The summed E-state index contributed by atoms with van der Waals surface area (Å²) in [6.45, 7) is 3.59. The van der Waals surface area contributed by atoms with E-state index >= 15 is 0 Å². The molecule has 0 spiro atoms. The van der Waals surface area contributed by atoms with Crippen LogP contribution in [0.5, 0.6) is 0 Å². The number of carbonyl (C=O) groups is 4. The van der Waals surface area contributed by atoms with E-state index in [0.717, 1.165) is 9.80 Å². The first-order chi connectivity index (χ1) is 11.8. The fourth-order valence-electron chi connectivity index (χ4n) is 3.55. The van der Waals surface area contributed by atoms with Crippen LogP contribution in [0.1, 0.15) is 20.7 Å². The highest BCUT2D eigenvalue weighted by Crippen LogP contribution is 2.41. The number of aliphatic carboxylic acids is 1. The molecule has 0 aliphatic carbocycles. The Bertz CT molecular complexity index is 833. The summed E-state index contributed by atoms with van der Waals surface area (Å²) in [7, 11) is 0. The van der Waals surface area contributed by atoms with Crippen molar-refractivity contribution < 1.29 is 28.8 Å². The van der Waals surface area contributed by atoms with Gasteiger partial charge in [0.25, 0.3) is 17.7 Å². The summed E-state index contributed by atoms with van der Waals surface area (Å²) >= 11 is -1.64. The van der Waals surface area contributed by atoms with E-state index in [0.29, 0.717) is 0 Å². The number of β-lactam (4-membered cyclic amide) rings is 1. The minimum Gasteiger partial charge on any atom is -0.614 e. The van der Waals surface area contributed by atoms with Gasteiger partial charge in [0.2, 0.25) is 5.37 Å². The molecule has 0 bridgehead atoms. The quantitative estimate of drug-likeness (QED) is 0.332. The van der Waals surface area contributed by atoms with Crippen molar-refractivity contribution in [2.75, 3.05) is 5.75 Å². The summed E-state index contributed by atoms with van der Waals surface area (Å²) in [6, 6.07) is 3.63. The monoisotopic (exact) mass is 360 g/mol. The van der Waals surface area contributed by atoms with Crippen LogP contribution in [0, 0.1) is 0 Å². The Labute approximate surface area is 144 Å². The molecule has 4 atom stereocenters. The lowest BCUT2D eigenvalue weighted by molar-refractivity contribution is -0.162. The lowest BCUT2D eigenvalue weighted by atomic mass is 9.97. The first-order valence-corrected chi connectivity index (χ1v) is 8.79. The Hall–Kier alpha value is -2.65. The van der Waals surface area contributed by atoms with Crippen LogP contribution >= 0.6 is 0 Å².